The Balaban J connectivity index is 1.70. The van der Waals surface area contributed by atoms with Crippen molar-refractivity contribution in [2.24, 2.45) is 0 Å². The highest BCUT2D eigenvalue weighted by molar-refractivity contribution is 9.10. The molecule has 0 atom stereocenters. The Hall–Kier alpha value is -2.48. The van der Waals surface area contributed by atoms with E-state index in [2.05, 4.69) is 31.0 Å². The van der Waals surface area contributed by atoms with Gasteiger partial charge >= 0.3 is 5.97 Å². The molecule has 0 spiro atoms. The summed E-state index contributed by atoms with van der Waals surface area (Å²) in [5, 5.41) is 17.1. The number of hydrogen-bond acceptors (Lipinski definition) is 5. The summed E-state index contributed by atoms with van der Waals surface area (Å²) in [5.41, 5.74) is 0.459. The van der Waals surface area contributed by atoms with Crippen molar-refractivity contribution in [2.75, 3.05) is 31.1 Å². The average molecular weight is 391 g/mol. The van der Waals surface area contributed by atoms with Crippen LogP contribution >= 0.6 is 15.9 Å². The zero-order valence-electron chi connectivity index (χ0n) is 12.7. The van der Waals surface area contributed by atoms with Crippen LogP contribution in [0.15, 0.2) is 41.0 Å². The first kappa shape index (κ1) is 16.4. The fraction of sp³-hybridized carbons (Fsp3) is 0.250. The van der Waals surface area contributed by atoms with Crippen LogP contribution in [0.1, 0.15) is 20.7 Å². The molecule has 0 saturated carbocycles. The number of aromatic carboxylic acids is 1. The van der Waals surface area contributed by atoms with Gasteiger partial charge in [0.25, 0.3) is 5.91 Å². The van der Waals surface area contributed by atoms with Crippen LogP contribution in [0.3, 0.4) is 0 Å². The third kappa shape index (κ3) is 3.53. The van der Waals surface area contributed by atoms with Crippen LogP contribution in [0.25, 0.3) is 0 Å². The van der Waals surface area contributed by atoms with Crippen molar-refractivity contribution in [2.45, 2.75) is 0 Å². The van der Waals surface area contributed by atoms with Gasteiger partial charge in [-0.1, -0.05) is 15.9 Å². The Morgan fingerprint density at radius 1 is 1.08 bits per heavy atom. The van der Waals surface area contributed by atoms with E-state index in [0.29, 0.717) is 36.2 Å². The van der Waals surface area contributed by atoms with Crippen molar-refractivity contribution in [3.8, 4) is 0 Å². The molecule has 1 aromatic heterocycles. The molecule has 0 radical (unpaired) electrons. The molecular weight excluding hydrogens is 376 g/mol. The predicted octanol–water partition coefficient (Wildman–Crippen LogP) is 1.90. The number of piperazine rings is 1. The zero-order valence-corrected chi connectivity index (χ0v) is 14.3. The van der Waals surface area contributed by atoms with Crippen LogP contribution in [0.5, 0.6) is 0 Å². The fourth-order valence-corrected chi connectivity index (χ4v) is 3.11. The lowest BCUT2D eigenvalue weighted by molar-refractivity contribution is 0.0697. The molecule has 0 aliphatic carbocycles. The van der Waals surface area contributed by atoms with Crippen LogP contribution in [-0.4, -0.2) is 58.3 Å². The van der Waals surface area contributed by atoms with Gasteiger partial charge in [0.2, 0.25) is 0 Å². The standard InChI is InChI=1S/C16H15BrN4O3/c17-13-9-11(8-12(10-13)16(23)24)15(22)21-6-4-20(5-7-21)14-2-1-3-18-19-14/h1-3,8-10H,4-7H2,(H,23,24). The van der Waals surface area contributed by atoms with Gasteiger partial charge in [0.05, 0.1) is 5.56 Å². The number of benzene rings is 1. The summed E-state index contributed by atoms with van der Waals surface area (Å²) in [6.07, 6.45) is 1.62. The maximum Gasteiger partial charge on any atom is 0.335 e. The number of carboxylic acids is 1. The minimum Gasteiger partial charge on any atom is -0.478 e. The van der Waals surface area contributed by atoms with Crippen molar-refractivity contribution in [1.82, 2.24) is 15.1 Å². The van der Waals surface area contributed by atoms with Gasteiger partial charge in [-0.05, 0) is 30.3 Å². The summed E-state index contributed by atoms with van der Waals surface area (Å²) in [7, 11) is 0. The minimum absolute atomic E-state index is 0.0888. The molecule has 1 amide bonds. The molecule has 1 aromatic carbocycles. The van der Waals surface area contributed by atoms with Crippen molar-refractivity contribution < 1.29 is 14.7 Å². The molecule has 8 heteroatoms. The van der Waals surface area contributed by atoms with E-state index in [1.807, 2.05) is 12.1 Å². The van der Waals surface area contributed by atoms with Crippen molar-refractivity contribution in [1.29, 1.82) is 0 Å². The normalized spacial score (nSPS) is 14.5. The number of carbonyl (C=O) groups is 2. The largest absolute Gasteiger partial charge is 0.478 e. The van der Waals surface area contributed by atoms with Crippen molar-refractivity contribution in [3.63, 3.8) is 0 Å². The molecule has 2 heterocycles. The van der Waals surface area contributed by atoms with Gasteiger partial charge in [-0.15, -0.1) is 5.10 Å². The Bertz CT molecular complexity index is 761. The molecule has 2 aromatic rings. The second kappa shape index (κ2) is 6.96. The zero-order chi connectivity index (χ0) is 17.1. The third-order valence-electron chi connectivity index (χ3n) is 3.84. The third-order valence-corrected chi connectivity index (χ3v) is 4.30. The van der Waals surface area contributed by atoms with Crippen LogP contribution in [0.4, 0.5) is 5.82 Å². The first-order valence-corrected chi connectivity index (χ1v) is 8.20. The summed E-state index contributed by atoms with van der Waals surface area (Å²) in [4.78, 5) is 27.6. The molecule has 0 bridgehead atoms. The van der Waals surface area contributed by atoms with E-state index in [0.717, 1.165) is 5.82 Å². The van der Waals surface area contributed by atoms with Crippen LogP contribution < -0.4 is 4.90 Å². The summed E-state index contributed by atoms with van der Waals surface area (Å²) < 4.78 is 0.573. The van der Waals surface area contributed by atoms with Gasteiger partial charge in [0, 0.05) is 42.4 Å². The van der Waals surface area contributed by atoms with Crippen LogP contribution in [0.2, 0.25) is 0 Å². The number of carbonyl (C=O) groups excluding carboxylic acids is 1. The average Bonchev–Trinajstić information content (AvgIpc) is 2.61. The van der Waals surface area contributed by atoms with Gasteiger partial charge in [0.15, 0.2) is 5.82 Å². The molecule has 7 nitrogen and oxygen atoms in total. The number of aromatic nitrogens is 2. The van der Waals surface area contributed by atoms with Crippen LogP contribution in [-0.2, 0) is 0 Å². The highest BCUT2D eigenvalue weighted by atomic mass is 79.9. The summed E-state index contributed by atoms with van der Waals surface area (Å²) in [5.74, 6) is -0.435. The monoisotopic (exact) mass is 390 g/mol. The maximum absolute atomic E-state index is 12.6. The number of nitrogens with zero attached hydrogens (tertiary/aromatic N) is 4. The second-order valence-electron chi connectivity index (χ2n) is 5.39. The fourth-order valence-electron chi connectivity index (χ4n) is 2.62. The molecule has 0 unspecified atom stereocenters. The summed E-state index contributed by atoms with van der Waals surface area (Å²) >= 11 is 3.26. The molecule has 3 rings (SSSR count). The van der Waals surface area contributed by atoms with Gasteiger partial charge in [0.1, 0.15) is 0 Å². The van der Waals surface area contributed by atoms with Crippen molar-refractivity contribution >= 4 is 33.6 Å². The molecule has 24 heavy (non-hydrogen) atoms. The lowest BCUT2D eigenvalue weighted by Crippen LogP contribution is -2.49. The Morgan fingerprint density at radius 3 is 2.42 bits per heavy atom. The number of halogens is 1. The lowest BCUT2D eigenvalue weighted by Gasteiger charge is -2.35. The highest BCUT2D eigenvalue weighted by Crippen LogP contribution is 2.19. The number of rotatable bonds is 3. The SMILES string of the molecule is O=C(O)c1cc(Br)cc(C(=O)N2CCN(c3cccnn3)CC2)c1. The maximum atomic E-state index is 12.6. The van der Waals surface area contributed by atoms with E-state index >= 15 is 0 Å². The lowest BCUT2D eigenvalue weighted by atomic mass is 10.1. The van der Waals surface area contributed by atoms with Gasteiger partial charge in [-0.25, -0.2) is 4.79 Å². The summed E-state index contributed by atoms with van der Waals surface area (Å²) in [6, 6.07) is 8.24. The van der Waals surface area contributed by atoms with E-state index in [1.165, 1.54) is 12.1 Å². The first-order valence-electron chi connectivity index (χ1n) is 7.40. The minimum atomic E-state index is -1.06. The van der Waals surface area contributed by atoms with E-state index in [9.17, 15) is 9.59 Å². The topological polar surface area (TPSA) is 86.6 Å². The van der Waals surface area contributed by atoms with E-state index < -0.39 is 5.97 Å². The molecule has 1 saturated heterocycles. The Kier molecular flexibility index (Phi) is 4.75. The van der Waals surface area contributed by atoms with Gasteiger partial charge in [-0.3, -0.25) is 4.79 Å². The molecule has 1 N–H and O–H groups in total. The number of carboxylic acid groups (broad SMARTS) is 1. The quantitative estimate of drug-likeness (QED) is 0.860. The van der Waals surface area contributed by atoms with Gasteiger partial charge in [-0.2, -0.15) is 5.10 Å². The molecular formula is C16H15BrN4O3. The molecule has 1 fully saturated rings. The summed E-state index contributed by atoms with van der Waals surface area (Å²) in [6.45, 7) is 2.41. The second-order valence-corrected chi connectivity index (χ2v) is 6.31. The number of anilines is 1. The predicted molar refractivity (Wildman–Crippen MR) is 91.2 cm³/mol. The Morgan fingerprint density at radius 2 is 1.79 bits per heavy atom. The van der Waals surface area contributed by atoms with E-state index in [1.54, 1.807) is 17.2 Å². The smallest absolute Gasteiger partial charge is 0.335 e. The van der Waals surface area contributed by atoms with Crippen molar-refractivity contribution in [3.05, 3.63) is 52.1 Å². The number of hydrogen-bond donors (Lipinski definition) is 1. The van der Waals surface area contributed by atoms with Crippen LogP contribution in [0, 0.1) is 0 Å². The first-order chi connectivity index (χ1) is 11.5. The molecule has 1 aliphatic rings. The van der Waals surface area contributed by atoms with E-state index in [-0.39, 0.29) is 11.5 Å². The van der Waals surface area contributed by atoms with E-state index in [4.69, 9.17) is 5.11 Å². The molecule has 1 aliphatic heterocycles. The Labute approximate surface area is 147 Å². The van der Waals surface area contributed by atoms with Gasteiger partial charge < -0.3 is 14.9 Å². The number of amides is 1. The highest BCUT2D eigenvalue weighted by Gasteiger charge is 2.23. The molecule has 124 valence electrons.